The molecule has 1 unspecified atom stereocenters. The van der Waals surface area contributed by atoms with Gasteiger partial charge in [0.15, 0.2) is 5.75 Å². The Morgan fingerprint density at radius 1 is 1.07 bits per heavy atom. The lowest BCUT2D eigenvalue weighted by Gasteiger charge is -2.26. The number of amides is 2. The number of nitro groups is 2. The van der Waals surface area contributed by atoms with E-state index in [4.69, 9.17) is 13.7 Å². The number of nitrogens with zero attached hydrogens (tertiary/aromatic N) is 3. The van der Waals surface area contributed by atoms with E-state index in [9.17, 15) is 43.3 Å². The second-order valence-electron chi connectivity index (χ2n) is 9.82. The number of nitrogens with one attached hydrogen (secondary N) is 1. The molecule has 2 aromatic rings. The van der Waals surface area contributed by atoms with Crippen molar-refractivity contribution in [3.63, 3.8) is 0 Å². The van der Waals surface area contributed by atoms with Crippen molar-refractivity contribution in [2.75, 3.05) is 19.3 Å². The number of nitro benzene ring substituents is 2. The van der Waals surface area contributed by atoms with Crippen molar-refractivity contribution in [2.24, 2.45) is 5.92 Å². The van der Waals surface area contributed by atoms with Crippen LogP contribution in [0.3, 0.4) is 0 Å². The third-order valence-corrected chi connectivity index (χ3v) is 6.93. The number of likely N-dealkylation sites (tertiary alicyclic amines) is 1. The number of carbonyl (C=O) groups is 2. The average Bonchev–Trinajstić information content (AvgIpc) is 3.29. The Morgan fingerprint density at radius 2 is 1.71 bits per heavy atom. The summed E-state index contributed by atoms with van der Waals surface area (Å²) in [5, 5.41) is 33.9. The van der Waals surface area contributed by atoms with E-state index in [-0.39, 0.29) is 44.3 Å². The minimum Gasteiger partial charge on any atom is -0.502 e. The molecule has 16 nitrogen and oxygen atoms in total. The molecule has 2 aromatic carbocycles. The highest BCUT2D eigenvalue weighted by atomic mass is 32.2. The van der Waals surface area contributed by atoms with Gasteiger partial charge < -0.3 is 24.8 Å². The van der Waals surface area contributed by atoms with Crippen molar-refractivity contribution < 1.29 is 46.6 Å². The summed E-state index contributed by atoms with van der Waals surface area (Å²) < 4.78 is 38.9. The maximum Gasteiger partial charge on any atom is 0.410 e. The lowest BCUT2D eigenvalue weighted by atomic mass is 9.99. The maximum absolute atomic E-state index is 12.9. The summed E-state index contributed by atoms with van der Waals surface area (Å²) in [5.41, 5.74) is 0.278. The number of ether oxygens (including phenoxy) is 2. The number of benzene rings is 2. The lowest BCUT2D eigenvalue weighted by Crippen LogP contribution is -2.39. The van der Waals surface area contributed by atoms with Gasteiger partial charge in [-0.25, -0.2) is 9.59 Å². The fraction of sp³-hybridized carbons (Fsp3) is 0.440. The first-order valence-corrected chi connectivity index (χ1v) is 14.5. The molecular formula is C25H30N4O12S. The summed E-state index contributed by atoms with van der Waals surface area (Å²) in [7, 11) is -3.79. The van der Waals surface area contributed by atoms with Crippen molar-refractivity contribution in [1.82, 2.24) is 10.2 Å². The number of alkyl carbamates (subject to hydrolysis) is 1. The Morgan fingerprint density at radius 3 is 2.31 bits per heavy atom. The second kappa shape index (κ2) is 13.9. The fourth-order valence-corrected chi connectivity index (χ4v) is 5.03. The monoisotopic (exact) mass is 610 g/mol. The van der Waals surface area contributed by atoms with Crippen LogP contribution in [-0.4, -0.2) is 71.9 Å². The number of hydrogen-bond acceptors (Lipinski definition) is 12. The van der Waals surface area contributed by atoms with E-state index in [0.29, 0.717) is 17.5 Å². The van der Waals surface area contributed by atoms with E-state index in [1.165, 1.54) is 35.2 Å². The predicted molar refractivity (Wildman–Crippen MR) is 145 cm³/mol. The van der Waals surface area contributed by atoms with Crippen LogP contribution in [0.1, 0.15) is 30.9 Å². The number of phenols is 1. The predicted octanol–water partition coefficient (Wildman–Crippen LogP) is 3.22. The van der Waals surface area contributed by atoms with Crippen molar-refractivity contribution in [2.45, 2.75) is 45.1 Å². The molecule has 2 amide bonds. The SMILES string of the molecule is CC(CNC(=O)OCc1ccc([N+](=O)[O-])c(O)c1)C[C@H]1C[C@@H](OS(C)(=O)=O)CN1C(=O)OCc1ccc([N+](=O)[O-])cc1. The Balaban J connectivity index is 1.53. The van der Waals surface area contributed by atoms with E-state index < -0.39 is 55.7 Å². The second-order valence-corrected chi connectivity index (χ2v) is 11.4. The minimum atomic E-state index is -3.79. The molecule has 17 heteroatoms. The van der Waals surface area contributed by atoms with Crippen molar-refractivity contribution in [1.29, 1.82) is 0 Å². The van der Waals surface area contributed by atoms with Crippen molar-refractivity contribution in [3.05, 3.63) is 73.8 Å². The van der Waals surface area contributed by atoms with Crippen LogP contribution < -0.4 is 5.32 Å². The first kappa shape index (κ1) is 32.0. The number of aromatic hydroxyl groups is 1. The Labute approximate surface area is 240 Å². The molecule has 1 heterocycles. The summed E-state index contributed by atoms with van der Waals surface area (Å²) in [6.45, 7) is 1.51. The minimum absolute atomic E-state index is 0.0406. The van der Waals surface area contributed by atoms with E-state index in [1.807, 2.05) is 0 Å². The molecule has 3 rings (SSSR count). The number of carbonyl (C=O) groups excluding carboxylic acids is 2. The van der Waals surface area contributed by atoms with Gasteiger partial charge in [0, 0.05) is 30.8 Å². The summed E-state index contributed by atoms with van der Waals surface area (Å²) in [6.07, 6.45) is -0.814. The van der Waals surface area contributed by atoms with Gasteiger partial charge in [0.25, 0.3) is 15.8 Å². The average molecular weight is 611 g/mol. The molecule has 1 aliphatic rings. The van der Waals surface area contributed by atoms with Gasteiger partial charge in [0.05, 0.1) is 28.8 Å². The number of rotatable bonds is 12. The molecule has 1 aliphatic heterocycles. The molecule has 0 bridgehead atoms. The van der Waals surface area contributed by atoms with Gasteiger partial charge in [0.2, 0.25) is 0 Å². The van der Waals surface area contributed by atoms with Crippen molar-refractivity contribution in [3.8, 4) is 5.75 Å². The lowest BCUT2D eigenvalue weighted by molar-refractivity contribution is -0.385. The van der Waals surface area contributed by atoms with Gasteiger partial charge in [-0.2, -0.15) is 8.42 Å². The first-order chi connectivity index (χ1) is 19.7. The van der Waals surface area contributed by atoms with Crippen LogP contribution in [-0.2, 0) is 37.0 Å². The highest BCUT2D eigenvalue weighted by Gasteiger charge is 2.39. The highest BCUT2D eigenvalue weighted by molar-refractivity contribution is 7.86. The summed E-state index contributed by atoms with van der Waals surface area (Å²) in [5.74, 6) is -0.756. The van der Waals surface area contributed by atoms with Gasteiger partial charge in [0.1, 0.15) is 13.2 Å². The van der Waals surface area contributed by atoms with Gasteiger partial charge in [-0.3, -0.25) is 24.4 Å². The van der Waals surface area contributed by atoms with Crippen LogP contribution in [0.25, 0.3) is 0 Å². The fourth-order valence-electron chi connectivity index (χ4n) is 4.40. The topological polar surface area (TPSA) is 218 Å². The molecule has 0 radical (unpaired) electrons. The highest BCUT2D eigenvalue weighted by Crippen LogP contribution is 2.28. The Hall–Kier alpha value is -4.51. The molecule has 42 heavy (non-hydrogen) atoms. The van der Waals surface area contributed by atoms with Gasteiger partial charge in [-0.15, -0.1) is 0 Å². The van der Waals surface area contributed by atoms with E-state index in [1.54, 1.807) is 6.92 Å². The molecule has 3 atom stereocenters. The third-order valence-electron chi connectivity index (χ3n) is 6.31. The zero-order valence-corrected chi connectivity index (χ0v) is 23.5. The molecule has 1 saturated heterocycles. The summed E-state index contributed by atoms with van der Waals surface area (Å²) >= 11 is 0. The Kier molecular flexibility index (Phi) is 10.6. The quantitative estimate of drug-likeness (QED) is 0.201. The summed E-state index contributed by atoms with van der Waals surface area (Å²) in [6, 6.07) is 8.58. The summed E-state index contributed by atoms with van der Waals surface area (Å²) in [4.78, 5) is 46.8. The molecule has 2 N–H and O–H groups in total. The molecule has 228 valence electrons. The van der Waals surface area contributed by atoms with Gasteiger partial charge in [-0.1, -0.05) is 6.92 Å². The Bertz CT molecular complexity index is 1420. The largest absolute Gasteiger partial charge is 0.502 e. The van der Waals surface area contributed by atoms with Crippen LogP contribution in [0.5, 0.6) is 5.75 Å². The van der Waals surface area contributed by atoms with E-state index >= 15 is 0 Å². The van der Waals surface area contributed by atoms with Crippen LogP contribution in [0.4, 0.5) is 21.0 Å². The standard InChI is InChI=1S/C25H30N4O12S/c1-16(12-26-24(31)39-15-18-5-8-22(29(35)36)23(30)10-18)9-20-11-21(41-42(2,37)38)13-27(20)25(32)40-14-17-3-6-19(7-4-17)28(33)34/h3-8,10,16,20-21,30H,9,11-15H2,1-2H3,(H,26,31)/t16?,20-,21+/m0/s1. The zero-order valence-electron chi connectivity index (χ0n) is 22.7. The van der Waals surface area contributed by atoms with Crippen LogP contribution in [0, 0.1) is 26.1 Å². The molecule has 1 fully saturated rings. The smallest absolute Gasteiger partial charge is 0.410 e. The van der Waals surface area contributed by atoms with Crippen LogP contribution >= 0.6 is 0 Å². The maximum atomic E-state index is 12.9. The molecule has 0 spiro atoms. The van der Waals surface area contributed by atoms with Gasteiger partial charge >= 0.3 is 17.9 Å². The molecule has 0 saturated carbocycles. The van der Waals surface area contributed by atoms with Gasteiger partial charge in [-0.05, 0) is 54.2 Å². The van der Waals surface area contributed by atoms with E-state index in [0.717, 1.165) is 18.4 Å². The molecule has 0 aromatic heterocycles. The zero-order chi connectivity index (χ0) is 31.0. The van der Waals surface area contributed by atoms with Crippen LogP contribution in [0.2, 0.25) is 0 Å². The number of phenolic OH excluding ortho intramolecular Hbond substituents is 1. The van der Waals surface area contributed by atoms with E-state index in [2.05, 4.69) is 5.32 Å². The normalized spacial score (nSPS) is 17.3. The number of non-ortho nitro benzene ring substituents is 1. The third kappa shape index (κ3) is 9.55. The molecular weight excluding hydrogens is 580 g/mol. The van der Waals surface area contributed by atoms with Crippen molar-refractivity contribution >= 4 is 33.7 Å². The first-order valence-electron chi connectivity index (χ1n) is 12.6. The molecule has 0 aliphatic carbocycles. The number of hydrogen-bond donors (Lipinski definition) is 2. The van der Waals surface area contributed by atoms with Crippen LogP contribution in [0.15, 0.2) is 42.5 Å².